The van der Waals surface area contributed by atoms with Crippen LogP contribution in [-0.2, 0) is 24.2 Å². The normalized spacial score (nSPS) is 10.4. The molecular formula is C14H16N2O2S. The predicted molar refractivity (Wildman–Crippen MR) is 76.6 cm³/mol. The van der Waals surface area contributed by atoms with E-state index in [9.17, 15) is 4.79 Å². The first-order chi connectivity index (χ1) is 9.19. The zero-order valence-electron chi connectivity index (χ0n) is 10.7. The van der Waals surface area contributed by atoms with Crippen molar-refractivity contribution in [1.29, 1.82) is 0 Å². The highest BCUT2D eigenvalue weighted by molar-refractivity contribution is 7.13. The maximum absolute atomic E-state index is 10.8. The summed E-state index contributed by atoms with van der Waals surface area (Å²) < 4.78 is 0. The number of aromatic nitrogens is 1. The van der Waals surface area contributed by atoms with Crippen LogP contribution in [-0.4, -0.2) is 16.1 Å². The molecule has 4 nitrogen and oxygen atoms in total. The number of benzene rings is 1. The third-order valence-corrected chi connectivity index (χ3v) is 3.65. The van der Waals surface area contributed by atoms with E-state index in [2.05, 4.69) is 17.2 Å². The topological polar surface area (TPSA) is 62.2 Å². The summed E-state index contributed by atoms with van der Waals surface area (Å²) in [6.45, 7) is 2.67. The maximum Gasteiger partial charge on any atom is 0.307 e. The molecule has 0 amide bonds. The van der Waals surface area contributed by atoms with Gasteiger partial charge in [0.2, 0.25) is 0 Å². The molecule has 1 aromatic heterocycles. The van der Waals surface area contributed by atoms with E-state index >= 15 is 0 Å². The van der Waals surface area contributed by atoms with Gasteiger partial charge < -0.3 is 10.4 Å². The van der Waals surface area contributed by atoms with Crippen molar-refractivity contribution in [3.63, 3.8) is 0 Å². The Balaban J connectivity index is 2.04. The second-order valence-corrected chi connectivity index (χ2v) is 5.05. The Bertz CT molecular complexity index is 566. The summed E-state index contributed by atoms with van der Waals surface area (Å²) in [5.74, 6) is -0.810. The molecule has 2 N–H and O–H groups in total. The van der Waals surface area contributed by atoms with Gasteiger partial charge in [-0.1, -0.05) is 31.2 Å². The molecular weight excluding hydrogens is 260 g/mol. The molecule has 0 fully saturated rings. The van der Waals surface area contributed by atoms with Crippen LogP contribution in [0.2, 0.25) is 0 Å². The summed E-state index contributed by atoms with van der Waals surface area (Å²) in [6.07, 6.45) is 0.976. The van der Waals surface area contributed by atoms with Crippen LogP contribution >= 0.6 is 11.3 Å². The van der Waals surface area contributed by atoms with Crippen LogP contribution in [0.25, 0.3) is 0 Å². The summed E-state index contributed by atoms with van der Waals surface area (Å²) in [5, 5.41) is 15.0. The molecule has 2 rings (SSSR count). The summed E-state index contributed by atoms with van der Waals surface area (Å²) >= 11 is 1.57. The molecule has 0 atom stereocenters. The lowest BCUT2D eigenvalue weighted by Gasteiger charge is -2.08. The van der Waals surface area contributed by atoms with Crippen molar-refractivity contribution in [2.45, 2.75) is 26.3 Å². The minimum atomic E-state index is -0.810. The summed E-state index contributed by atoms with van der Waals surface area (Å²) in [7, 11) is 0. The fourth-order valence-electron chi connectivity index (χ4n) is 1.79. The van der Waals surface area contributed by atoms with Crippen molar-refractivity contribution in [3.05, 3.63) is 46.5 Å². The Morgan fingerprint density at radius 3 is 2.74 bits per heavy atom. The zero-order valence-corrected chi connectivity index (χ0v) is 11.5. The number of nitrogens with one attached hydrogen (secondary N) is 1. The molecule has 0 saturated heterocycles. The fraction of sp³-hybridized carbons (Fsp3) is 0.286. The highest BCUT2D eigenvalue weighted by Gasteiger charge is 2.07. The second kappa shape index (κ2) is 6.33. The first-order valence-corrected chi connectivity index (χ1v) is 7.04. The van der Waals surface area contributed by atoms with Crippen molar-refractivity contribution < 1.29 is 9.90 Å². The third kappa shape index (κ3) is 3.79. The highest BCUT2D eigenvalue weighted by atomic mass is 32.1. The number of hydrogen-bond acceptors (Lipinski definition) is 4. The highest BCUT2D eigenvalue weighted by Crippen LogP contribution is 2.18. The number of anilines is 1. The SMILES string of the molecule is CCc1csc(NCc2ccccc2CC(=O)O)n1. The number of carboxylic acid groups (broad SMARTS) is 1. The van der Waals surface area contributed by atoms with Crippen LogP contribution in [0.1, 0.15) is 23.7 Å². The van der Waals surface area contributed by atoms with Gasteiger partial charge in [-0.15, -0.1) is 11.3 Å². The smallest absolute Gasteiger partial charge is 0.307 e. The molecule has 0 aliphatic heterocycles. The average Bonchev–Trinajstić information content (AvgIpc) is 2.85. The first-order valence-electron chi connectivity index (χ1n) is 6.16. The molecule has 19 heavy (non-hydrogen) atoms. The Kier molecular flexibility index (Phi) is 4.52. The zero-order chi connectivity index (χ0) is 13.7. The van der Waals surface area contributed by atoms with Gasteiger partial charge in [0.05, 0.1) is 12.1 Å². The van der Waals surface area contributed by atoms with Gasteiger partial charge in [0.1, 0.15) is 0 Å². The van der Waals surface area contributed by atoms with Crippen LogP contribution in [0, 0.1) is 0 Å². The Hall–Kier alpha value is -1.88. The minimum Gasteiger partial charge on any atom is -0.481 e. The lowest BCUT2D eigenvalue weighted by molar-refractivity contribution is -0.136. The lowest BCUT2D eigenvalue weighted by atomic mass is 10.0. The summed E-state index contributed by atoms with van der Waals surface area (Å²) in [4.78, 5) is 15.2. The maximum atomic E-state index is 10.8. The number of nitrogens with zero attached hydrogens (tertiary/aromatic N) is 1. The van der Waals surface area contributed by atoms with E-state index in [0.717, 1.165) is 28.4 Å². The fourth-order valence-corrected chi connectivity index (χ4v) is 2.58. The van der Waals surface area contributed by atoms with Gasteiger partial charge in [0.25, 0.3) is 0 Å². The standard InChI is InChI=1S/C14H16N2O2S/c1-2-12-9-19-14(16-12)15-8-11-6-4-3-5-10(11)7-13(17)18/h3-6,9H,2,7-8H2,1H3,(H,15,16)(H,17,18). The van der Waals surface area contributed by atoms with Crippen molar-refractivity contribution in [1.82, 2.24) is 4.98 Å². The number of carboxylic acids is 1. The van der Waals surface area contributed by atoms with Gasteiger partial charge >= 0.3 is 5.97 Å². The van der Waals surface area contributed by atoms with Crippen molar-refractivity contribution in [2.75, 3.05) is 5.32 Å². The molecule has 0 saturated carbocycles. The summed E-state index contributed by atoms with van der Waals surface area (Å²) in [6, 6.07) is 7.58. The monoisotopic (exact) mass is 276 g/mol. The third-order valence-electron chi connectivity index (χ3n) is 2.80. The molecule has 100 valence electrons. The van der Waals surface area contributed by atoms with Gasteiger partial charge in [-0.25, -0.2) is 4.98 Å². The van der Waals surface area contributed by atoms with Crippen molar-refractivity contribution >= 4 is 22.4 Å². The molecule has 0 radical (unpaired) electrons. The first kappa shape index (κ1) is 13.5. The van der Waals surface area contributed by atoms with E-state index in [1.54, 1.807) is 11.3 Å². The van der Waals surface area contributed by atoms with E-state index < -0.39 is 5.97 Å². The van der Waals surface area contributed by atoms with Gasteiger partial charge in [-0.3, -0.25) is 4.79 Å². The van der Waals surface area contributed by atoms with Gasteiger partial charge in [-0.05, 0) is 17.5 Å². The average molecular weight is 276 g/mol. The molecule has 2 aromatic rings. The van der Waals surface area contributed by atoms with Crippen LogP contribution in [0.3, 0.4) is 0 Å². The molecule has 5 heteroatoms. The van der Waals surface area contributed by atoms with E-state index in [0.29, 0.717) is 6.54 Å². The van der Waals surface area contributed by atoms with Crippen LogP contribution in [0.5, 0.6) is 0 Å². The number of aryl methyl sites for hydroxylation is 1. The molecule has 1 aromatic carbocycles. The van der Waals surface area contributed by atoms with E-state index in [-0.39, 0.29) is 6.42 Å². The van der Waals surface area contributed by atoms with Crippen LogP contribution < -0.4 is 5.32 Å². The van der Waals surface area contributed by atoms with Gasteiger partial charge in [-0.2, -0.15) is 0 Å². The molecule has 0 spiro atoms. The molecule has 0 unspecified atom stereocenters. The molecule has 0 bridgehead atoms. The number of hydrogen-bond donors (Lipinski definition) is 2. The van der Waals surface area contributed by atoms with E-state index in [1.165, 1.54) is 0 Å². The Morgan fingerprint density at radius 1 is 1.37 bits per heavy atom. The quantitative estimate of drug-likeness (QED) is 0.851. The van der Waals surface area contributed by atoms with Gasteiger partial charge in [0.15, 0.2) is 5.13 Å². The van der Waals surface area contributed by atoms with Crippen molar-refractivity contribution in [3.8, 4) is 0 Å². The number of thiazole rings is 1. The van der Waals surface area contributed by atoms with Gasteiger partial charge in [0, 0.05) is 11.9 Å². The molecule has 0 aliphatic rings. The predicted octanol–water partition coefficient (Wildman–Crippen LogP) is 2.94. The number of rotatable bonds is 6. The van der Waals surface area contributed by atoms with Crippen LogP contribution in [0.15, 0.2) is 29.6 Å². The number of aliphatic carboxylic acids is 1. The van der Waals surface area contributed by atoms with E-state index in [1.807, 2.05) is 29.6 Å². The Morgan fingerprint density at radius 2 is 2.11 bits per heavy atom. The number of carbonyl (C=O) groups is 1. The van der Waals surface area contributed by atoms with Crippen molar-refractivity contribution in [2.24, 2.45) is 0 Å². The summed E-state index contributed by atoms with van der Waals surface area (Å²) in [5.41, 5.74) is 2.92. The van der Waals surface area contributed by atoms with Crippen LogP contribution in [0.4, 0.5) is 5.13 Å². The van der Waals surface area contributed by atoms with E-state index in [4.69, 9.17) is 5.11 Å². The molecule has 1 heterocycles. The largest absolute Gasteiger partial charge is 0.481 e. The second-order valence-electron chi connectivity index (χ2n) is 4.19. The Labute approximate surface area is 116 Å². The lowest BCUT2D eigenvalue weighted by Crippen LogP contribution is -2.07. The molecule has 0 aliphatic carbocycles. The minimum absolute atomic E-state index is 0.0515.